The third-order valence-electron chi connectivity index (χ3n) is 3.83. The molecule has 2 heterocycles. The quantitative estimate of drug-likeness (QED) is 0.886. The van der Waals surface area contributed by atoms with Gasteiger partial charge in [-0.15, -0.1) is 36.2 Å². The molecule has 1 fully saturated rings. The van der Waals surface area contributed by atoms with E-state index in [-0.39, 0.29) is 36.7 Å². The van der Waals surface area contributed by atoms with Crippen molar-refractivity contribution in [3.8, 4) is 0 Å². The topological polar surface area (TPSA) is 15.3 Å². The zero-order valence-corrected chi connectivity index (χ0v) is 14.9. The molecule has 0 saturated carbocycles. The Kier molecular flexibility index (Phi) is 7.80. The first kappa shape index (κ1) is 19.4. The van der Waals surface area contributed by atoms with Gasteiger partial charge in [0.05, 0.1) is 6.04 Å². The maximum absolute atomic E-state index is 13.5. The van der Waals surface area contributed by atoms with Crippen molar-refractivity contribution < 1.29 is 4.39 Å². The summed E-state index contributed by atoms with van der Waals surface area (Å²) < 4.78 is 13.5. The van der Waals surface area contributed by atoms with E-state index < -0.39 is 0 Å². The van der Waals surface area contributed by atoms with Gasteiger partial charge in [0.15, 0.2) is 0 Å². The lowest BCUT2D eigenvalue weighted by Crippen LogP contribution is -2.45. The van der Waals surface area contributed by atoms with E-state index in [9.17, 15) is 4.39 Å². The Morgan fingerprint density at radius 1 is 1.18 bits per heavy atom. The van der Waals surface area contributed by atoms with Crippen LogP contribution in [0.5, 0.6) is 0 Å². The van der Waals surface area contributed by atoms with Crippen LogP contribution in [0.2, 0.25) is 0 Å². The molecule has 3 rings (SSSR count). The van der Waals surface area contributed by atoms with Gasteiger partial charge in [0.25, 0.3) is 0 Å². The lowest BCUT2D eigenvalue weighted by molar-refractivity contribution is 0.200. The highest BCUT2D eigenvalue weighted by atomic mass is 35.5. The summed E-state index contributed by atoms with van der Waals surface area (Å²) in [4.78, 5) is 3.81. The van der Waals surface area contributed by atoms with Gasteiger partial charge in [0.1, 0.15) is 5.82 Å². The summed E-state index contributed by atoms with van der Waals surface area (Å²) in [6.45, 7) is 5.92. The fourth-order valence-corrected chi connectivity index (χ4v) is 3.67. The van der Waals surface area contributed by atoms with Crippen LogP contribution in [0.15, 0.2) is 35.7 Å². The van der Waals surface area contributed by atoms with Crippen LogP contribution in [0.1, 0.15) is 22.0 Å². The number of thiophene rings is 1. The molecule has 2 aromatic rings. The first-order chi connectivity index (χ1) is 9.75. The Labute approximate surface area is 147 Å². The Morgan fingerprint density at radius 3 is 2.50 bits per heavy atom. The van der Waals surface area contributed by atoms with Crippen LogP contribution in [-0.2, 0) is 0 Å². The van der Waals surface area contributed by atoms with E-state index in [0.717, 1.165) is 31.7 Å². The molecule has 1 atom stereocenters. The fourth-order valence-electron chi connectivity index (χ4n) is 2.78. The summed E-state index contributed by atoms with van der Waals surface area (Å²) in [5.74, 6) is -0.126. The Bertz CT molecular complexity index is 572. The van der Waals surface area contributed by atoms with Crippen molar-refractivity contribution in [2.45, 2.75) is 13.0 Å². The van der Waals surface area contributed by atoms with E-state index in [1.54, 1.807) is 17.4 Å². The molecule has 22 heavy (non-hydrogen) atoms. The van der Waals surface area contributed by atoms with E-state index in [2.05, 4.69) is 27.7 Å². The molecule has 0 spiro atoms. The first-order valence-corrected chi connectivity index (χ1v) is 7.88. The second-order valence-corrected chi connectivity index (χ2v) is 6.19. The van der Waals surface area contributed by atoms with Crippen LogP contribution < -0.4 is 5.32 Å². The smallest absolute Gasteiger partial charge is 0.126 e. The lowest BCUT2D eigenvalue weighted by Gasteiger charge is -2.35. The summed E-state index contributed by atoms with van der Waals surface area (Å²) in [7, 11) is 0. The van der Waals surface area contributed by atoms with Crippen molar-refractivity contribution in [1.29, 1.82) is 0 Å². The van der Waals surface area contributed by atoms with Gasteiger partial charge in [-0.2, -0.15) is 0 Å². The Morgan fingerprint density at radius 2 is 1.91 bits per heavy atom. The van der Waals surface area contributed by atoms with Crippen molar-refractivity contribution in [2.24, 2.45) is 0 Å². The van der Waals surface area contributed by atoms with Crippen LogP contribution >= 0.6 is 36.2 Å². The number of hydrogen-bond acceptors (Lipinski definition) is 3. The lowest BCUT2D eigenvalue weighted by atomic mass is 10.0. The first-order valence-electron chi connectivity index (χ1n) is 7.00. The normalized spacial score (nSPS) is 16.5. The van der Waals surface area contributed by atoms with Gasteiger partial charge >= 0.3 is 0 Å². The molecule has 0 radical (unpaired) electrons. The van der Waals surface area contributed by atoms with Crippen LogP contribution in [0, 0.1) is 12.7 Å². The molecule has 1 aliphatic heterocycles. The molecule has 1 aromatic heterocycles. The zero-order valence-electron chi connectivity index (χ0n) is 12.4. The molecule has 0 unspecified atom stereocenters. The largest absolute Gasteiger partial charge is 0.314 e. The number of nitrogens with one attached hydrogen (secondary N) is 1. The van der Waals surface area contributed by atoms with Crippen molar-refractivity contribution in [2.75, 3.05) is 26.2 Å². The molecule has 2 nitrogen and oxygen atoms in total. The van der Waals surface area contributed by atoms with Crippen LogP contribution in [0.3, 0.4) is 0 Å². The second kappa shape index (κ2) is 8.85. The van der Waals surface area contributed by atoms with Gasteiger partial charge in [0, 0.05) is 31.1 Å². The average Bonchev–Trinajstić information content (AvgIpc) is 2.98. The van der Waals surface area contributed by atoms with E-state index in [1.807, 2.05) is 19.1 Å². The van der Waals surface area contributed by atoms with E-state index in [0.29, 0.717) is 0 Å². The van der Waals surface area contributed by atoms with Crippen LogP contribution in [-0.4, -0.2) is 31.1 Å². The van der Waals surface area contributed by atoms with E-state index in [1.165, 1.54) is 10.4 Å². The minimum absolute atomic E-state index is 0. The maximum atomic E-state index is 13.5. The van der Waals surface area contributed by atoms with Crippen molar-refractivity contribution in [3.05, 3.63) is 57.5 Å². The number of hydrogen-bond donors (Lipinski definition) is 1. The van der Waals surface area contributed by atoms with Crippen molar-refractivity contribution >= 4 is 36.2 Å². The highest BCUT2D eigenvalue weighted by Crippen LogP contribution is 2.32. The summed E-state index contributed by atoms with van der Waals surface area (Å²) in [6.07, 6.45) is 0. The summed E-state index contributed by atoms with van der Waals surface area (Å²) in [5, 5.41) is 5.50. The molecule has 1 saturated heterocycles. The fraction of sp³-hybridized carbons (Fsp3) is 0.375. The average molecular weight is 363 g/mol. The van der Waals surface area contributed by atoms with Crippen LogP contribution in [0.4, 0.5) is 4.39 Å². The standard InChI is InChI=1S/C16H19FN2S.2ClH/c1-12-11-13(4-5-14(12)17)16(15-3-2-10-20-15)19-8-6-18-7-9-19;;/h2-5,10-11,16,18H,6-9H2,1H3;2*1H/t16-;;/m1../s1. The Balaban J connectivity index is 0.00000121. The molecule has 6 heteroatoms. The van der Waals surface area contributed by atoms with E-state index in [4.69, 9.17) is 0 Å². The SMILES string of the molecule is Cc1cc([C@H](c2cccs2)N2CCNCC2)ccc1F.Cl.Cl. The molecule has 122 valence electrons. The monoisotopic (exact) mass is 362 g/mol. The third kappa shape index (κ3) is 4.21. The number of piperazine rings is 1. The molecular formula is C16H21Cl2FN2S. The van der Waals surface area contributed by atoms with Crippen molar-refractivity contribution in [1.82, 2.24) is 10.2 Å². The predicted octanol–water partition coefficient (Wildman–Crippen LogP) is 4.03. The molecule has 0 bridgehead atoms. The summed E-state index contributed by atoms with van der Waals surface area (Å²) >= 11 is 1.77. The third-order valence-corrected chi connectivity index (χ3v) is 4.75. The molecule has 0 amide bonds. The molecule has 0 aliphatic carbocycles. The molecule has 1 aliphatic rings. The maximum Gasteiger partial charge on any atom is 0.126 e. The molecule has 1 aromatic carbocycles. The molecular weight excluding hydrogens is 342 g/mol. The van der Waals surface area contributed by atoms with Crippen molar-refractivity contribution in [3.63, 3.8) is 0 Å². The molecule has 1 N–H and O–H groups in total. The zero-order chi connectivity index (χ0) is 13.9. The number of benzene rings is 1. The minimum atomic E-state index is -0.126. The second-order valence-electron chi connectivity index (χ2n) is 5.21. The highest BCUT2D eigenvalue weighted by Gasteiger charge is 2.24. The van der Waals surface area contributed by atoms with Gasteiger partial charge in [-0.1, -0.05) is 18.2 Å². The van der Waals surface area contributed by atoms with Gasteiger partial charge in [-0.05, 0) is 35.6 Å². The highest BCUT2D eigenvalue weighted by molar-refractivity contribution is 7.10. The van der Waals surface area contributed by atoms with Gasteiger partial charge in [-0.25, -0.2) is 4.39 Å². The van der Waals surface area contributed by atoms with Gasteiger partial charge in [0.2, 0.25) is 0 Å². The Hall–Kier alpha value is -0.650. The van der Waals surface area contributed by atoms with Crippen LogP contribution in [0.25, 0.3) is 0 Å². The summed E-state index contributed by atoms with van der Waals surface area (Å²) in [6, 6.07) is 10.0. The number of rotatable bonds is 3. The van der Waals surface area contributed by atoms with Gasteiger partial charge < -0.3 is 5.32 Å². The van der Waals surface area contributed by atoms with Gasteiger partial charge in [-0.3, -0.25) is 4.90 Å². The number of aryl methyl sites for hydroxylation is 1. The predicted molar refractivity (Wildman–Crippen MR) is 96.2 cm³/mol. The summed E-state index contributed by atoms with van der Waals surface area (Å²) in [5.41, 5.74) is 1.91. The van der Waals surface area contributed by atoms with E-state index >= 15 is 0 Å². The number of nitrogens with zero attached hydrogens (tertiary/aromatic N) is 1. The minimum Gasteiger partial charge on any atom is -0.314 e. The number of halogens is 3.